The lowest BCUT2D eigenvalue weighted by atomic mass is 10.1. The summed E-state index contributed by atoms with van der Waals surface area (Å²) in [6.45, 7) is 4.41. The number of aromatic nitrogens is 3. The van der Waals surface area contributed by atoms with E-state index in [2.05, 4.69) is 10.2 Å². The Morgan fingerprint density at radius 3 is 2.68 bits per heavy atom. The van der Waals surface area contributed by atoms with Gasteiger partial charge in [0.1, 0.15) is 0 Å². The molecule has 0 fully saturated rings. The van der Waals surface area contributed by atoms with Gasteiger partial charge in [-0.3, -0.25) is 4.57 Å². The number of rotatable bonds is 5. The molecule has 2 aromatic rings. The average molecular weight is 279 g/mol. The molecule has 2 N–H and O–H groups in total. The van der Waals surface area contributed by atoms with Gasteiger partial charge in [0.15, 0.2) is 5.16 Å². The van der Waals surface area contributed by atoms with E-state index in [-0.39, 0.29) is 5.69 Å². The zero-order chi connectivity index (χ0) is 13.8. The zero-order valence-corrected chi connectivity index (χ0v) is 11.8. The highest BCUT2D eigenvalue weighted by molar-refractivity contribution is 7.99. The Kier molecular flexibility index (Phi) is 4.44. The maximum absolute atomic E-state index is 11.6. The molecule has 19 heavy (non-hydrogen) atoms. The summed E-state index contributed by atoms with van der Waals surface area (Å²) in [4.78, 5) is 12.5. The Labute approximate surface area is 115 Å². The average Bonchev–Trinajstić information content (AvgIpc) is 2.73. The van der Waals surface area contributed by atoms with E-state index in [4.69, 9.17) is 0 Å². The quantitative estimate of drug-likeness (QED) is 0.880. The van der Waals surface area contributed by atoms with Crippen LogP contribution in [0.5, 0.6) is 0 Å². The van der Waals surface area contributed by atoms with Crippen molar-refractivity contribution in [1.82, 2.24) is 14.8 Å². The van der Waals surface area contributed by atoms with Crippen molar-refractivity contribution >= 4 is 11.8 Å². The van der Waals surface area contributed by atoms with Crippen LogP contribution in [-0.4, -0.2) is 19.9 Å². The van der Waals surface area contributed by atoms with Gasteiger partial charge in [0.05, 0.1) is 6.10 Å². The second-order valence-corrected chi connectivity index (χ2v) is 5.35. The first kappa shape index (κ1) is 13.9. The number of H-pyrrole nitrogens is 1. The third-order valence-corrected chi connectivity index (χ3v) is 3.74. The molecule has 1 aromatic heterocycles. The fraction of sp³-hybridized carbons (Fsp3) is 0.385. The van der Waals surface area contributed by atoms with Crippen LogP contribution < -0.4 is 5.69 Å². The molecule has 0 radical (unpaired) electrons. The van der Waals surface area contributed by atoms with Gasteiger partial charge in [-0.05, 0) is 42.8 Å². The van der Waals surface area contributed by atoms with E-state index < -0.39 is 6.10 Å². The van der Waals surface area contributed by atoms with Crippen molar-refractivity contribution < 1.29 is 5.11 Å². The Hall–Kier alpha value is -1.53. The molecule has 1 heterocycles. The van der Waals surface area contributed by atoms with Crippen LogP contribution in [0.2, 0.25) is 0 Å². The molecule has 1 atom stereocenters. The van der Waals surface area contributed by atoms with Crippen molar-refractivity contribution in [2.24, 2.45) is 0 Å². The number of nitrogens with zero attached hydrogens (tertiary/aromatic N) is 2. The molecule has 0 spiro atoms. The van der Waals surface area contributed by atoms with E-state index in [1.807, 2.05) is 31.2 Å². The molecule has 0 aliphatic carbocycles. The highest BCUT2D eigenvalue weighted by atomic mass is 32.2. The van der Waals surface area contributed by atoms with Crippen LogP contribution in [0, 0.1) is 0 Å². The molecular formula is C13H17N3O2S. The summed E-state index contributed by atoms with van der Waals surface area (Å²) in [5, 5.41) is 16.6. The number of hydrogen-bond acceptors (Lipinski definition) is 4. The molecule has 0 saturated heterocycles. The van der Waals surface area contributed by atoms with Crippen LogP contribution in [0.15, 0.2) is 39.1 Å². The molecule has 0 aliphatic rings. The lowest BCUT2D eigenvalue weighted by Crippen LogP contribution is -2.17. The van der Waals surface area contributed by atoms with E-state index in [9.17, 15) is 9.90 Å². The number of aliphatic hydroxyl groups is 1. The molecule has 0 amide bonds. The van der Waals surface area contributed by atoms with Crippen molar-refractivity contribution in [3.8, 4) is 0 Å². The zero-order valence-electron chi connectivity index (χ0n) is 11.0. The first-order chi connectivity index (χ1) is 9.11. The highest BCUT2D eigenvalue weighted by Gasteiger charge is 2.09. The Morgan fingerprint density at radius 2 is 2.11 bits per heavy atom. The molecule has 0 saturated carbocycles. The van der Waals surface area contributed by atoms with Gasteiger partial charge < -0.3 is 5.11 Å². The molecule has 0 bridgehead atoms. The van der Waals surface area contributed by atoms with Crippen molar-refractivity contribution in [3.05, 3.63) is 40.3 Å². The predicted octanol–water partition coefficient (Wildman–Crippen LogP) is 2.19. The number of hydrogen-bond donors (Lipinski definition) is 2. The summed E-state index contributed by atoms with van der Waals surface area (Å²) < 4.78 is 1.63. The summed E-state index contributed by atoms with van der Waals surface area (Å²) in [5.74, 6) is 0. The van der Waals surface area contributed by atoms with E-state index in [1.54, 1.807) is 11.5 Å². The largest absolute Gasteiger partial charge is 0.389 e. The molecule has 0 unspecified atom stereocenters. The van der Waals surface area contributed by atoms with E-state index in [0.717, 1.165) is 16.9 Å². The van der Waals surface area contributed by atoms with Crippen LogP contribution >= 0.6 is 11.8 Å². The van der Waals surface area contributed by atoms with Gasteiger partial charge in [-0.15, -0.1) is 5.10 Å². The SMILES string of the molecule is CCCn1c(Sc2ccc([C@@H](C)O)cc2)n[nH]c1=O. The van der Waals surface area contributed by atoms with Gasteiger partial charge in [0.25, 0.3) is 0 Å². The van der Waals surface area contributed by atoms with Gasteiger partial charge in [0, 0.05) is 11.4 Å². The predicted molar refractivity (Wildman–Crippen MR) is 74.3 cm³/mol. The number of benzene rings is 1. The maximum atomic E-state index is 11.6. The summed E-state index contributed by atoms with van der Waals surface area (Å²) in [6.07, 6.45) is 0.413. The van der Waals surface area contributed by atoms with Gasteiger partial charge in [-0.25, -0.2) is 9.89 Å². The van der Waals surface area contributed by atoms with Crippen LogP contribution in [0.4, 0.5) is 0 Å². The standard InChI is InChI=1S/C13H17N3O2S/c1-3-8-16-12(18)14-15-13(16)19-11-6-4-10(5-7-11)9(2)17/h4-7,9,17H,3,8H2,1-2H3,(H,14,18)/t9-/m1/s1. The molecular weight excluding hydrogens is 262 g/mol. The minimum absolute atomic E-state index is 0.176. The Bertz CT molecular complexity index is 587. The molecule has 5 nitrogen and oxygen atoms in total. The fourth-order valence-electron chi connectivity index (χ4n) is 1.72. The number of nitrogens with one attached hydrogen (secondary N) is 1. The van der Waals surface area contributed by atoms with Gasteiger partial charge in [-0.1, -0.05) is 19.1 Å². The smallest absolute Gasteiger partial charge is 0.343 e. The van der Waals surface area contributed by atoms with Crippen molar-refractivity contribution in [3.63, 3.8) is 0 Å². The summed E-state index contributed by atoms with van der Waals surface area (Å²) in [6, 6.07) is 7.59. The second-order valence-electron chi connectivity index (χ2n) is 4.31. The van der Waals surface area contributed by atoms with Crippen LogP contribution in [-0.2, 0) is 6.54 Å². The van der Waals surface area contributed by atoms with Crippen molar-refractivity contribution in [2.75, 3.05) is 0 Å². The van der Waals surface area contributed by atoms with E-state index in [1.165, 1.54) is 11.8 Å². The molecule has 2 rings (SSSR count). The highest BCUT2D eigenvalue weighted by Crippen LogP contribution is 2.26. The normalized spacial score (nSPS) is 12.6. The lowest BCUT2D eigenvalue weighted by molar-refractivity contribution is 0.199. The second kappa shape index (κ2) is 6.08. The molecule has 102 valence electrons. The minimum Gasteiger partial charge on any atom is -0.389 e. The third kappa shape index (κ3) is 3.27. The fourth-order valence-corrected chi connectivity index (χ4v) is 2.58. The van der Waals surface area contributed by atoms with Gasteiger partial charge in [0.2, 0.25) is 0 Å². The van der Waals surface area contributed by atoms with E-state index >= 15 is 0 Å². The van der Waals surface area contributed by atoms with Crippen molar-refractivity contribution in [1.29, 1.82) is 0 Å². The van der Waals surface area contributed by atoms with Crippen LogP contribution in [0.25, 0.3) is 0 Å². The maximum Gasteiger partial charge on any atom is 0.343 e. The first-order valence-corrected chi connectivity index (χ1v) is 7.04. The topological polar surface area (TPSA) is 70.9 Å². The first-order valence-electron chi connectivity index (χ1n) is 6.23. The number of aliphatic hydroxyl groups excluding tert-OH is 1. The Balaban J connectivity index is 2.19. The summed E-state index contributed by atoms with van der Waals surface area (Å²) in [7, 11) is 0. The summed E-state index contributed by atoms with van der Waals surface area (Å²) in [5.41, 5.74) is 0.697. The third-order valence-electron chi connectivity index (χ3n) is 2.74. The molecule has 1 aromatic carbocycles. The van der Waals surface area contributed by atoms with Crippen LogP contribution in [0.1, 0.15) is 31.9 Å². The minimum atomic E-state index is -0.470. The summed E-state index contributed by atoms with van der Waals surface area (Å²) >= 11 is 1.43. The Morgan fingerprint density at radius 1 is 1.42 bits per heavy atom. The van der Waals surface area contributed by atoms with Gasteiger partial charge >= 0.3 is 5.69 Å². The monoisotopic (exact) mass is 279 g/mol. The molecule has 6 heteroatoms. The van der Waals surface area contributed by atoms with Crippen LogP contribution in [0.3, 0.4) is 0 Å². The van der Waals surface area contributed by atoms with Gasteiger partial charge in [-0.2, -0.15) is 0 Å². The lowest BCUT2D eigenvalue weighted by Gasteiger charge is -2.06. The number of aromatic amines is 1. The van der Waals surface area contributed by atoms with Crippen molar-refractivity contribution in [2.45, 2.75) is 43.0 Å². The van der Waals surface area contributed by atoms with E-state index in [0.29, 0.717) is 11.7 Å². The molecule has 0 aliphatic heterocycles.